The first kappa shape index (κ1) is 24.3. The normalized spacial score (nSPS) is 25.4. The quantitative estimate of drug-likeness (QED) is 0.417. The Bertz CT molecular complexity index is 1240. The molecule has 5 nitrogen and oxygen atoms in total. The number of hydrogen-bond acceptors (Lipinski definition) is 4. The van der Waals surface area contributed by atoms with E-state index in [1.54, 1.807) is 30.5 Å². The number of alkyl halides is 3. The van der Waals surface area contributed by atoms with Gasteiger partial charge in [0.05, 0.1) is 0 Å². The summed E-state index contributed by atoms with van der Waals surface area (Å²) >= 11 is 0. The van der Waals surface area contributed by atoms with Gasteiger partial charge >= 0.3 is 6.18 Å². The molecule has 0 bridgehead atoms. The van der Waals surface area contributed by atoms with Crippen LogP contribution in [0.1, 0.15) is 52.7 Å². The molecule has 0 spiro atoms. The third kappa shape index (κ3) is 4.46. The molecule has 3 N–H and O–H groups in total. The number of aryl methyl sites for hydroxylation is 1. The molecule has 1 aromatic heterocycles. The molecule has 188 valence electrons. The molecule has 3 unspecified atom stereocenters. The van der Waals surface area contributed by atoms with Crippen molar-refractivity contribution in [3.8, 4) is 0 Å². The predicted molar refractivity (Wildman–Crippen MR) is 130 cm³/mol. The van der Waals surface area contributed by atoms with Crippen LogP contribution in [-0.4, -0.2) is 27.8 Å². The van der Waals surface area contributed by atoms with Gasteiger partial charge in [0.25, 0.3) is 5.91 Å². The van der Waals surface area contributed by atoms with Gasteiger partial charge in [0.2, 0.25) is 0 Å². The third-order valence-electron chi connectivity index (χ3n) is 7.88. The van der Waals surface area contributed by atoms with E-state index in [1.807, 2.05) is 42.5 Å². The van der Waals surface area contributed by atoms with Crippen LogP contribution in [0.4, 0.5) is 19.0 Å². The van der Waals surface area contributed by atoms with Crippen LogP contribution in [0, 0.1) is 5.92 Å². The van der Waals surface area contributed by atoms with Gasteiger partial charge in [-0.05, 0) is 85.4 Å². The molecule has 1 heterocycles. The van der Waals surface area contributed by atoms with Crippen LogP contribution in [0.15, 0.2) is 72.9 Å². The van der Waals surface area contributed by atoms with Crippen molar-refractivity contribution in [1.82, 2.24) is 10.4 Å². The van der Waals surface area contributed by atoms with E-state index >= 15 is 0 Å². The molecule has 0 aliphatic heterocycles. The van der Waals surface area contributed by atoms with Gasteiger partial charge in [0.15, 0.2) is 5.60 Å². The Morgan fingerprint density at radius 2 is 1.83 bits per heavy atom. The molecule has 2 aliphatic carbocycles. The largest absolute Gasteiger partial charge is 0.417 e. The monoisotopic (exact) mass is 495 g/mol. The maximum atomic E-state index is 13.8. The lowest BCUT2D eigenvalue weighted by Gasteiger charge is -2.53. The first-order valence-corrected chi connectivity index (χ1v) is 12.1. The smallest absolute Gasteiger partial charge is 0.380 e. The molecule has 3 atom stereocenters. The number of halogens is 3. The van der Waals surface area contributed by atoms with E-state index in [0.29, 0.717) is 30.6 Å². The fourth-order valence-electron chi connectivity index (χ4n) is 6.00. The lowest BCUT2D eigenvalue weighted by Crippen LogP contribution is -2.56. The maximum Gasteiger partial charge on any atom is 0.417 e. The zero-order chi connectivity index (χ0) is 25.4. The summed E-state index contributed by atoms with van der Waals surface area (Å²) in [6.45, 7) is 0. The zero-order valence-electron chi connectivity index (χ0n) is 19.7. The molecule has 1 saturated carbocycles. The molecular weight excluding hydrogens is 467 g/mol. The fourth-order valence-corrected chi connectivity index (χ4v) is 6.00. The van der Waals surface area contributed by atoms with Crippen molar-refractivity contribution in [2.24, 2.45) is 5.92 Å². The highest BCUT2D eigenvalue weighted by atomic mass is 19.4. The first-order valence-electron chi connectivity index (χ1n) is 12.1. The summed E-state index contributed by atoms with van der Waals surface area (Å²) in [5, 5.41) is 10.6. The highest BCUT2D eigenvalue weighted by Crippen LogP contribution is 2.57. The number of fused-ring (bicyclic) bond motifs is 3. The highest BCUT2D eigenvalue weighted by Gasteiger charge is 2.61. The van der Waals surface area contributed by atoms with Crippen LogP contribution in [0.25, 0.3) is 0 Å². The lowest BCUT2D eigenvalue weighted by atomic mass is 9.52. The summed E-state index contributed by atoms with van der Waals surface area (Å²) < 4.78 is 41.3. The van der Waals surface area contributed by atoms with Crippen molar-refractivity contribution >= 4 is 11.7 Å². The van der Waals surface area contributed by atoms with E-state index < -0.39 is 17.2 Å². The second kappa shape index (κ2) is 9.24. The molecule has 3 aromatic rings. The Kier molecular flexibility index (Phi) is 6.24. The Balaban J connectivity index is 1.46. The number of anilines is 1. The van der Waals surface area contributed by atoms with Gasteiger partial charge in [0.1, 0.15) is 5.82 Å². The second-order valence-electron chi connectivity index (χ2n) is 9.95. The van der Waals surface area contributed by atoms with Gasteiger partial charge in [-0.2, -0.15) is 13.2 Å². The molecule has 2 aromatic carbocycles. The SMILES string of the molecule is O=C(NNc1ccccn1)c1ccc2c(c1)CCC1CC(O)(C(F)(F)F)CCC21Cc1ccccc1. The number of hydrazine groups is 1. The van der Waals surface area contributed by atoms with Crippen molar-refractivity contribution in [3.05, 3.63) is 95.2 Å². The number of nitrogens with one attached hydrogen (secondary N) is 2. The van der Waals surface area contributed by atoms with Crippen LogP contribution >= 0.6 is 0 Å². The number of carbonyl (C=O) groups excluding carboxylic acids is 1. The van der Waals surface area contributed by atoms with Gasteiger partial charge in [-0.1, -0.05) is 42.5 Å². The number of pyridine rings is 1. The first-order chi connectivity index (χ1) is 17.2. The summed E-state index contributed by atoms with van der Waals surface area (Å²) in [5.41, 5.74) is 5.72. The average Bonchev–Trinajstić information content (AvgIpc) is 2.88. The van der Waals surface area contributed by atoms with Gasteiger partial charge in [0, 0.05) is 17.2 Å². The van der Waals surface area contributed by atoms with Crippen molar-refractivity contribution in [2.75, 3.05) is 5.43 Å². The zero-order valence-corrected chi connectivity index (χ0v) is 19.7. The second-order valence-corrected chi connectivity index (χ2v) is 9.95. The number of rotatable bonds is 5. The number of nitrogens with zero attached hydrogens (tertiary/aromatic N) is 1. The minimum Gasteiger partial charge on any atom is -0.380 e. The van der Waals surface area contributed by atoms with Gasteiger partial charge in [-0.3, -0.25) is 15.6 Å². The number of carbonyl (C=O) groups is 1. The minimum atomic E-state index is -4.66. The Morgan fingerprint density at radius 1 is 1.06 bits per heavy atom. The topological polar surface area (TPSA) is 74.2 Å². The molecule has 1 amide bonds. The highest BCUT2D eigenvalue weighted by molar-refractivity contribution is 5.95. The number of hydrogen-bond donors (Lipinski definition) is 3. The van der Waals surface area contributed by atoms with Gasteiger partial charge in [-0.25, -0.2) is 4.98 Å². The molecule has 5 rings (SSSR count). The molecule has 1 fully saturated rings. The Morgan fingerprint density at radius 3 is 2.56 bits per heavy atom. The molecule has 2 aliphatic rings. The van der Waals surface area contributed by atoms with Crippen molar-refractivity contribution < 1.29 is 23.1 Å². The standard InChI is InChI=1S/C28H28F3N3O2/c29-28(30,31)27(36)14-13-26(17-19-6-2-1-3-7-19)22(18-27)11-9-20-16-21(10-12-23(20)26)25(35)34-33-24-8-4-5-15-32-24/h1-8,10,12,15-16,22,36H,9,11,13-14,17-18H2,(H,32,33)(H,34,35). The summed E-state index contributed by atoms with van der Waals surface area (Å²) in [6.07, 6.45) is -1.80. The molecule has 36 heavy (non-hydrogen) atoms. The average molecular weight is 496 g/mol. The van der Waals surface area contributed by atoms with E-state index in [-0.39, 0.29) is 31.1 Å². The summed E-state index contributed by atoms with van der Waals surface area (Å²) in [7, 11) is 0. The van der Waals surface area contributed by atoms with Gasteiger partial charge in [-0.15, -0.1) is 0 Å². The molecule has 8 heteroatoms. The van der Waals surface area contributed by atoms with Crippen LogP contribution < -0.4 is 10.9 Å². The molecular formula is C28H28F3N3O2. The Hall–Kier alpha value is -3.39. The molecule has 0 saturated heterocycles. The predicted octanol–water partition coefficient (Wildman–Crippen LogP) is 5.36. The Labute approximate surface area is 207 Å². The van der Waals surface area contributed by atoms with Crippen LogP contribution in [0.2, 0.25) is 0 Å². The van der Waals surface area contributed by atoms with E-state index in [1.165, 1.54) is 0 Å². The van der Waals surface area contributed by atoms with Crippen LogP contribution in [0.3, 0.4) is 0 Å². The fraction of sp³-hybridized carbons (Fsp3) is 0.357. The van der Waals surface area contributed by atoms with Crippen LogP contribution in [-0.2, 0) is 18.3 Å². The lowest BCUT2D eigenvalue weighted by molar-refractivity contribution is -0.279. The van der Waals surface area contributed by atoms with Crippen molar-refractivity contribution in [2.45, 2.75) is 55.7 Å². The third-order valence-corrected chi connectivity index (χ3v) is 7.88. The van der Waals surface area contributed by atoms with Gasteiger partial charge < -0.3 is 5.11 Å². The number of aliphatic hydroxyl groups is 1. The van der Waals surface area contributed by atoms with Crippen molar-refractivity contribution in [3.63, 3.8) is 0 Å². The van der Waals surface area contributed by atoms with E-state index in [9.17, 15) is 23.1 Å². The summed E-state index contributed by atoms with van der Waals surface area (Å²) in [6, 6.07) is 20.5. The minimum absolute atomic E-state index is 0.225. The summed E-state index contributed by atoms with van der Waals surface area (Å²) in [4.78, 5) is 16.9. The van der Waals surface area contributed by atoms with E-state index in [4.69, 9.17) is 0 Å². The number of benzene rings is 2. The van der Waals surface area contributed by atoms with Crippen LogP contribution in [0.5, 0.6) is 0 Å². The van der Waals surface area contributed by atoms with E-state index in [0.717, 1.165) is 16.7 Å². The molecule has 0 radical (unpaired) electrons. The van der Waals surface area contributed by atoms with E-state index in [2.05, 4.69) is 15.8 Å². The number of aromatic nitrogens is 1. The van der Waals surface area contributed by atoms with Crippen molar-refractivity contribution in [1.29, 1.82) is 0 Å². The summed E-state index contributed by atoms with van der Waals surface area (Å²) in [5.74, 6) is -0.137. The number of amides is 1. The maximum absolute atomic E-state index is 13.8.